The van der Waals surface area contributed by atoms with E-state index in [1.165, 1.54) is 19.3 Å². The number of carboxylic acids is 1. The van der Waals surface area contributed by atoms with Crippen LogP contribution in [0.4, 0.5) is 0 Å². The van der Waals surface area contributed by atoms with E-state index in [2.05, 4.69) is 13.8 Å². The van der Waals surface area contributed by atoms with Gasteiger partial charge in [-0.3, -0.25) is 4.79 Å². The molecule has 0 aromatic carbocycles. The minimum Gasteiger partial charge on any atom is -0.481 e. The van der Waals surface area contributed by atoms with Gasteiger partial charge in [0.2, 0.25) is 0 Å². The van der Waals surface area contributed by atoms with Gasteiger partial charge >= 0.3 is 5.97 Å². The molecular weight excluding hydrogens is 268 g/mol. The Bertz CT molecular complexity index is 310. The summed E-state index contributed by atoms with van der Waals surface area (Å²) in [6.45, 7) is 4.40. The zero-order valence-electron chi connectivity index (χ0n) is 10.0. The second-order valence-electron chi connectivity index (χ2n) is 6.65. The Morgan fingerprint density at radius 1 is 1.12 bits per heavy atom. The second kappa shape index (κ2) is 3.47. The molecule has 0 saturated heterocycles. The number of rotatable bonds is 1. The Balaban J connectivity index is 0.000000963. The van der Waals surface area contributed by atoms with Gasteiger partial charge in [-0.1, -0.05) is 13.8 Å². The van der Waals surface area contributed by atoms with Gasteiger partial charge < -0.3 is 5.11 Å². The minimum atomic E-state index is -0.522. The summed E-state index contributed by atoms with van der Waals surface area (Å²) in [5.41, 5.74) is -0.367. The smallest absolute Gasteiger partial charge is 0.310 e. The lowest BCUT2D eigenvalue weighted by molar-refractivity contribution is -0.196. The van der Waals surface area contributed by atoms with Crippen LogP contribution in [-0.4, -0.2) is 11.1 Å². The molecule has 4 bridgehead atoms. The van der Waals surface area contributed by atoms with Crippen molar-refractivity contribution in [1.29, 1.82) is 0 Å². The van der Waals surface area contributed by atoms with Crippen molar-refractivity contribution in [3.63, 3.8) is 0 Å². The summed E-state index contributed by atoms with van der Waals surface area (Å²) in [5, 5.41) is 9.61. The Morgan fingerprint density at radius 3 is 2.06 bits per heavy atom. The first-order valence-corrected chi connectivity index (χ1v) is 6.19. The fraction of sp³-hybridized carbons (Fsp3) is 0.923. The molecular formula is C13H21BrO2. The molecule has 3 heteroatoms. The number of carboxylic acid groups (broad SMARTS) is 1. The number of hydrogen-bond donors (Lipinski definition) is 1. The largest absolute Gasteiger partial charge is 0.481 e. The lowest BCUT2D eigenvalue weighted by atomic mass is 9.40. The van der Waals surface area contributed by atoms with Gasteiger partial charge in [-0.05, 0) is 55.3 Å². The Labute approximate surface area is 108 Å². The first-order valence-electron chi connectivity index (χ1n) is 6.19. The van der Waals surface area contributed by atoms with Crippen LogP contribution < -0.4 is 0 Å². The SMILES string of the molecule is Br.CC1(C)C2CC3CC(C2)CC1(C(=O)O)C3. The van der Waals surface area contributed by atoms with E-state index in [-0.39, 0.29) is 27.8 Å². The highest BCUT2D eigenvalue weighted by atomic mass is 79.9. The number of hydrogen-bond acceptors (Lipinski definition) is 1. The second-order valence-corrected chi connectivity index (χ2v) is 6.65. The van der Waals surface area contributed by atoms with Crippen LogP contribution in [0.25, 0.3) is 0 Å². The molecule has 2 atom stereocenters. The topological polar surface area (TPSA) is 37.3 Å². The molecule has 92 valence electrons. The van der Waals surface area contributed by atoms with Gasteiger partial charge in [-0.25, -0.2) is 0 Å². The Kier molecular flexibility index (Phi) is 2.69. The van der Waals surface area contributed by atoms with Crippen LogP contribution in [0.15, 0.2) is 0 Å². The van der Waals surface area contributed by atoms with Gasteiger partial charge in [0.1, 0.15) is 0 Å². The lowest BCUT2D eigenvalue weighted by Crippen LogP contribution is -2.60. The van der Waals surface area contributed by atoms with Crippen molar-refractivity contribution in [2.45, 2.75) is 46.0 Å². The third-order valence-electron chi connectivity index (χ3n) is 5.84. The fourth-order valence-corrected chi connectivity index (χ4v) is 4.92. The van der Waals surface area contributed by atoms with Gasteiger partial charge in [0.15, 0.2) is 0 Å². The predicted octanol–water partition coefficient (Wildman–Crippen LogP) is 3.50. The maximum absolute atomic E-state index is 11.7. The van der Waals surface area contributed by atoms with E-state index < -0.39 is 5.97 Å². The van der Waals surface area contributed by atoms with E-state index >= 15 is 0 Å². The zero-order valence-corrected chi connectivity index (χ0v) is 11.7. The van der Waals surface area contributed by atoms with Crippen molar-refractivity contribution in [1.82, 2.24) is 0 Å². The molecule has 0 aromatic heterocycles. The van der Waals surface area contributed by atoms with Gasteiger partial charge in [0, 0.05) is 0 Å². The van der Waals surface area contributed by atoms with Crippen molar-refractivity contribution in [3.8, 4) is 0 Å². The monoisotopic (exact) mass is 288 g/mol. The van der Waals surface area contributed by atoms with E-state index in [1.807, 2.05) is 0 Å². The molecule has 2 nitrogen and oxygen atoms in total. The summed E-state index contributed by atoms with van der Waals surface area (Å²) in [6.07, 6.45) is 5.78. The molecule has 0 aliphatic heterocycles. The maximum Gasteiger partial charge on any atom is 0.310 e. The molecule has 0 amide bonds. The van der Waals surface area contributed by atoms with Crippen molar-refractivity contribution in [3.05, 3.63) is 0 Å². The van der Waals surface area contributed by atoms with Crippen molar-refractivity contribution < 1.29 is 9.90 Å². The van der Waals surface area contributed by atoms with Crippen LogP contribution in [0.2, 0.25) is 0 Å². The van der Waals surface area contributed by atoms with E-state index in [0.717, 1.165) is 12.8 Å². The summed E-state index contributed by atoms with van der Waals surface area (Å²) in [6, 6.07) is 0. The lowest BCUT2D eigenvalue weighted by Gasteiger charge is -2.63. The molecule has 16 heavy (non-hydrogen) atoms. The van der Waals surface area contributed by atoms with Crippen molar-refractivity contribution in [2.75, 3.05) is 0 Å². The van der Waals surface area contributed by atoms with Gasteiger partial charge in [-0.15, -0.1) is 17.0 Å². The summed E-state index contributed by atoms with van der Waals surface area (Å²) < 4.78 is 0. The number of carbonyl (C=O) groups is 1. The fourth-order valence-electron chi connectivity index (χ4n) is 4.92. The van der Waals surface area contributed by atoms with Crippen molar-refractivity contribution in [2.24, 2.45) is 28.6 Å². The predicted molar refractivity (Wildman–Crippen MR) is 67.7 cm³/mol. The minimum absolute atomic E-state index is 0. The molecule has 4 rings (SSSR count). The molecule has 0 radical (unpaired) electrons. The van der Waals surface area contributed by atoms with Crippen LogP contribution in [0.1, 0.15) is 46.0 Å². The molecule has 0 aromatic rings. The summed E-state index contributed by atoms with van der Waals surface area (Å²) in [7, 11) is 0. The highest BCUT2D eigenvalue weighted by Gasteiger charge is 2.64. The Hall–Kier alpha value is -0.0500. The van der Waals surface area contributed by atoms with E-state index in [4.69, 9.17) is 0 Å². The first-order chi connectivity index (χ1) is 6.96. The van der Waals surface area contributed by atoms with Gasteiger partial charge in [0.05, 0.1) is 5.41 Å². The quantitative estimate of drug-likeness (QED) is 0.802. The average Bonchev–Trinajstić information content (AvgIpc) is 2.13. The molecule has 1 N–H and O–H groups in total. The molecule has 4 aliphatic rings. The first kappa shape index (κ1) is 12.4. The molecule has 0 heterocycles. The highest BCUT2D eigenvalue weighted by Crippen LogP contribution is 2.68. The summed E-state index contributed by atoms with van der Waals surface area (Å²) in [4.78, 5) is 11.7. The van der Waals surface area contributed by atoms with Crippen molar-refractivity contribution >= 4 is 23.0 Å². The number of halogens is 1. The van der Waals surface area contributed by atoms with Crippen LogP contribution in [0.5, 0.6) is 0 Å². The van der Waals surface area contributed by atoms with Crippen LogP contribution >= 0.6 is 17.0 Å². The molecule has 4 aliphatic carbocycles. The average molecular weight is 289 g/mol. The van der Waals surface area contributed by atoms with Gasteiger partial charge in [-0.2, -0.15) is 0 Å². The standard InChI is InChI=1S/C13H20O2.BrH/c1-12(2)10-4-8-3-9(5-10)7-13(12,6-8)11(14)15;/h8-10H,3-7H2,1-2H3,(H,14,15);1H. The maximum atomic E-state index is 11.7. The van der Waals surface area contributed by atoms with Gasteiger partial charge in [0.25, 0.3) is 0 Å². The van der Waals surface area contributed by atoms with Crippen LogP contribution in [-0.2, 0) is 4.79 Å². The highest BCUT2D eigenvalue weighted by molar-refractivity contribution is 8.93. The Morgan fingerprint density at radius 2 is 1.62 bits per heavy atom. The van der Waals surface area contributed by atoms with E-state index in [9.17, 15) is 9.90 Å². The van der Waals surface area contributed by atoms with E-state index in [0.29, 0.717) is 17.8 Å². The third-order valence-corrected chi connectivity index (χ3v) is 5.84. The van der Waals surface area contributed by atoms with Crippen LogP contribution in [0, 0.1) is 28.6 Å². The molecule has 4 fully saturated rings. The van der Waals surface area contributed by atoms with Crippen LogP contribution in [0.3, 0.4) is 0 Å². The third kappa shape index (κ3) is 1.27. The summed E-state index contributed by atoms with van der Waals surface area (Å²) in [5.74, 6) is 1.57. The molecule has 0 spiro atoms. The normalized spacial score (nSPS) is 47.5. The number of aliphatic carboxylic acids is 1. The molecule has 4 saturated carbocycles. The summed E-state index contributed by atoms with van der Waals surface area (Å²) >= 11 is 0. The zero-order chi connectivity index (χ0) is 10.8. The van der Waals surface area contributed by atoms with E-state index in [1.54, 1.807) is 0 Å². The molecule has 2 unspecified atom stereocenters.